The third-order valence-electron chi connectivity index (χ3n) is 2.22. The summed E-state index contributed by atoms with van der Waals surface area (Å²) in [7, 11) is 0. The van der Waals surface area contributed by atoms with Crippen LogP contribution in [-0.2, 0) is 20.8 Å². The molecule has 0 aliphatic rings. The standard InChI is InChI=1S/C11H14N2O5/c12-9(14)6-8(11(16)17)13-10(15)4-3-7-2-1-5-18-7/h1-2,5,8H,3-4,6H2,(H2,12,14)(H,13,15)(H,16,17)/t8-/m1/s1. The lowest BCUT2D eigenvalue weighted by atomic mass is 10.2. The van der Waals surface area contributed by atoms with Gasteiger partial charge in [0.05, 0.1) is 12.7 Å². The molecule has 1 rings (SSSR count). The number of carbonyl (C=O) groups is 3. The zero-order valence-electron chi connectivity index (χ0n) is 9.59. The molecule has 2 amide bonds. The van der Waals surface area contributed by atoms with Gasteiger partial charge in [-0.25, -0.2) is 4.79 Å². The molecular formula is C11H14N2O5. The second-order valence-corrected chi connectivity index (χ2v) is 3.71. The molecule has 0 fully saturated rings. The van der Waals surface area contributed by atoms with Crippen molar-refractivity contribution in [2.45, 2.75) is 25.3 Å². The minimum atomic E-state index is -1.29. The van der Waals surface area contributed by atoms with E-state index in [4.69, 9.17) is 15.3 Å². The Labute approximate surface area is 103 Å². The minimum absolute atomic E-state index is 0.0794. The number of furan rings is 1. The number of carbonyl (C=O) groups excluding carboxylic acids is 2. The predicted octanol–water partition coefficient (Wildman–Crippen LogP) is -0.343. The first-order chi connectivity index (χ1) is 8.49. The van der Waals surface area contributed by atoms with Crippen molar-refractivity contribution >= 4 is 17.8 Å². The molecule has 1 heterocycles. The van der Waals surface area contributed by atoms with Gasteiger partial charge in [-0.05, 0) is 12.1 Å². The summed E-state index contributed by atoms with van der Waals surface area (Å²) in [5.41, 5.74) is 4.89. The van der Waals surface area contributed by atoms with Gasteiger partial charge in [-0.3, -0.25) is 9.59 Å². The fraction of sp³-hybridized carbons (Fsp3) is 0.364. The molecule has 0 aliphatic heterocycles. The fourth-order valence-electron chi connectivity index (χ4n) is 1.36. The molecule has 98 valence electrons. The zero-order valence-corrected chi connectivity index (χ0v) is 9.59. The normalized spacial score (nSPS) is 11.8. The Hall–Kier alpha value is -2.31. The SMILES string of the molecule is NC(=O)C[C@@H](NC(=O)CCc1ccco1)C(=O)O. The Morgan fingerprint density at radius 2 is 2.17 bits per heavy atom. The summed E-state index contributed by atoms with van der Waals surface area (Å²) in [6, 6.07) is 2.12. The molecule has 1 aromatic rings. The average Bonchev–Trinajstić information content (AvgIpc) is 2.77. The summed E-state index contributed by atoms with van der Waals surface area (Å²) in [6.07, 6.45) is 1.50. The Morgan fingerprint density at radius 1 is 1.44 bits per heavy atom. The summed E-state index contributed by atoms with van der Waals surface area (Å²) < 4.78 is 5.03. The van der Waals surface area contributed by atoms with E-state index < -0.39 is 30.2 Å². The van der Waals surface area contributed by atoms with Gasteiger partial charge in [0.2, 0.25) is 11.8 Å². The number of aliphatic carboxylic acids is 1. The molecule has 4 N–H and O–H groups in total. The van der Waals surface area contributed by atoms with Crippen LogP contribution in [0.2, 0.25) is 0 Å². The highest BCUT2D eigenvalue weighted by Gasteiger charge is 2.21. The van der Waals surface area contributed by atoms with Crippen LogP contribution in [0.4, 0.5) is 0 Å². The summed E-state index contributed by atoms with van der Waals surface area (Å²) in [5, 5.41) is 11.0. The largest absolute Gasteiger partial charge is 0.480 e. The van der Waals surface area contributed by atoms with Crippen molar-refractivity contribution in [3.63, 3.8) is 0 Å². The first-order valence-corrected chi connectivity index (χ1v) is 5.32. The van der Waals surface area contributed by atoms with Crippen molar-refractivity contribution in [2.24, 2.45) is 5.73 Å². The van der Waals surface area contributed by atoms with E-state index in [-0.39, 0.29) is 6.42 Å². The van der Waals surface area contributed by atoms with Crippen molar-refractivity contribution in [2.75, 3.05) is 0 Å². The predicted molar refractivity (Wildman–Crippen MR) is 60.4 cm³/mol. The molecule has 1 atom stereocenters. The first kappa shape index (κ1) is 13.8. The molecule has 7 heteroatoms. The molecule has 0 aromatic carbocycles. The van der Waals surface area contributed by atoms with Crippen molar-refractivity contribution in [3.05, 3.63) is 24.2 Å². The number of rotatable bonds is 7. The molecule has 0 unspecified atom stereocenters. The summed E-state index contributed by atoms with van der Waals surface area (Å²) in [5.74, 6) is -1.92. The number of aryl methyl sites for hydroxylation is 1. The minimum Gasteiger partial charge on any atom is -0.480 e. The third kappa shape index (κ3) is 4.69. The van der Waals surface area contributed by atoms with Gasteiger partial charge in [0.1, 0.15) is 11.8 Å². The van der Waals surface area contributed by atoms with Crippen molar-refractivity contribution in [3.8, 4) is 0 Å². The number of nitrogens with two attached hydrogens (primary N) is 1. The van der Waals surface area contributed by atoms with Gasteiger partial charge in [-0.1, -0.05) is 0 Å². The summed E-state index contributed by atoms with van der Waals surface area (Å²) in [6.45, 7) is 0. The van der Waals surface area contributed by atoms with Crippen LogP contribution in [0.1, 0.15) is 18.6 Å². The van der Waals surface area contributed by atoms with Gasteiger partial charge in [-0.15, -0.1) is 0 Å². The van der Waals surface area contributed by atoms with Crippen molar-refractivity contribution in [1.29, 1.82) is 0 Å². The molecule has 0 radical (unpaired) electrons. The molecule has 18 heavy (non-hydrogen) atoms. The topological polar surface area (TPSA) is 123 Å². The number of hydrogen-bond acceptors (Lipinski definition) is 4. The van der Waals surface area contributed by atoms with E-state index in [0.717, 1.165) is 0 Å². The highest BCUT2D eigenvalue weighted by molar-refractivity contribution is 5.88. The van der Waals surface area contributed by atoms with Crippen molar-refractivity contribution < 1.29 is 23.9 Å². The highest BCUT2D eigenvalue weighted by atomic mass is 16.4. The number of carboxylic acids is 1. The second-order valence-electron chi connectivity index (χ2n) is 3.71. The Bertz CT molecular complexity index is 427. The van der Waals surface area contributed by atoms with E-state index in [1.807, 2.05) is 0 Å². The third-order valence-corrected chi connectivity index (χ3v) is 2.22. The molecule has 1 aromatic heterocycles. The number of nitrogens with one attached hydrogen (secondary N) is 1. The summed E-state index contributed by atoms with van der Waals surface area (Å²) >= 11 is 0. The second kappa shape index (κ2) is 6.43. The van der Waals surface area contributed by atoms with Gasteiger partial charge < -0.3 is 20.6 Å². The lowest BCUT2D eigenvalue weighted by molar-refractivity contribution is -0.143. The quantitative estimate of drug-likeness (QED) is 0.614. The van der Waals surface area contributed by atoms with Crippen LogP contribution < -0.4 is 11.1 Å². The molecule has 0 aliphatic carbocycles. The number of hydrogen-bond donors (Lipinski definition) is 3. The average molecular weight is 254 g/mol. The molecule has 7 nitrogen and oxygen atoms in total. The monoisotopic (exact) mass is 254 g/mol. The van der Waals surface area contributed by atoms with E-state index in [1.165, 1.54) is 6.26 Å². The van der Waals surface area contributed by atoms with Crippen LogP contribution >= 0.6 is 0 Å². The van der Waals surface area contributed by atoms with Gasteiger partial charge in [0, 0.05) is 12.8 Å². The Kier molecular flexibility index (Phi) is 4.91. The lowest BCUT2D eigenvalue weighted by Crippen LogP contribution is -2.43. The van der Waals surface area contributed by atoms with Gasteiger partial charge >= 0.3 is 5.97 Å². The van der Waals surface area contributed by atoms with Crippen LogP contribution in [0.15, 0.2) is 22.8 Å². The maximum atomic E-state index is 11.5. The molecular weight excluding hydrogens is 240 g/mol. The van der Waals surface area contributed by atoms with Gasteiger partial charge in [0.25, 0.3) is 0 Å². The summed E-state index contributed by atoms with van der Waals surface area (Å²) in [4.78, 5) is 32.9. The van der Waals surface area contributed by atoms with E-state index in [2.05, 4.69) is 5.32 Å². The first-order valence-electron chi connectivity index (χ1n) is 5.32. The zero-order chi connectivity index (χ0) is 13.5. The molecule has 0 saturated carbocycles. The van der Waals surface area contributed by atoms with E-state index in [1.54, 1.807) is 12.1 Å². The van der Waals surface area contributed by atoms with Gasteiger partial charge in [0.15, 0.2) is 0 Å². The van der Waals surface area contributed by atoms with Crippen LogP contribution in [0.3, 0.4) is 0 Å². The number of primary amides is 1. The van der Waals surface area contributed by atoms with Crippen molar-refractivity contribution in [1.82, 2.24) is 5.32 Å². The molecule has 0 saturated heterocycles. The fourth-order valence-corrected chi connectivity index (χ4v) is 1.36. The van der Waals surface area contributed by atoms with E-state index in [9.17, 15) is 14.4 Å². The maximum Gasteiger partial charge on any atom is 0.326 e. The van der Waals surface area contributed by atoms with Crippen LogP contribution in [0.5, 0.6) is 0 Å². The number of carboxylic acid groups (broad SMARTS) is 1. The molecule has 0 bridgehead atoms. The smallest absolute Gasteiger partial charge is 0.326 e. The van der Waals surface area contributed by atoms with Gasteiger partial charge in [-0.2, -0.15) is 0 Å². The maximum absolute atomic E-state index is 11.5. The van der Waals surface area contributed by atoms with Crippen LogP contribution in [0, 0.1) is 0 Å². The lowest BCUT2D eigenvalue weighted by Gasteiger charge is -2.12. The Balaban J connectivity index is 2.41. The van der Waals surface area contributed by atoms with Crippen LogP contribution in [0.25, 0.3) is 0 Å². The highest BCUT2D eigenvalue weighted by Crippen LogP contribution is 2.03. The Morgan fingerprint density at radius 3 is 2.67 bits per heavy atom. The number of amides is 2. The van der Waals surface area contributed by atoms with E-state index in [0.29, 0.717) is 12.2 Å². The van der Waals surface area contributed by atoms with Crippen LogP contribution in [-0.4, -0.2) is 28.9 Å². The molecule has 0 spiro atoms. The van der Waals surface area contributed by atoms with E-state index >= 15 is 0 Å².